The summed E-state index contributed by atoms with van der Waals surface area (Å²) in [5, 5.41) is 9.61. The molecule has 32 heavy (non-hydrogen) atoms. The fourth-order valence-electron chi connectivity index (χ4n) is 3.24. The molecular weight excluding hydrogens is 477 g/mol. The van der Waals surface area contributed by atoms with Gasteiger partial charge in [0.25, 0.3) is 5.91 Å². The minimum atomic E-state index is -0.501. The van der Waals surface area contributed by atoms with Crippen LogP contribution in [0.3, 0.4) is 0 Å². The van der Waals surface area contributed by atoms with Gasteiger partial charge in [-0.25, -0.2) is 9.07 Å². The van der Waals surface area contributed by atoms with Crippen LogP contribution in [-0.2, 0) is 4.79 Å². The summed E-state index contributed by atoms with van der Waals surface area (Å²) in [6.45, 7) is 1.64. The van der Waals surface area contributed by atoms with Gasteiger partial charge in [-0.2, -0.15) is 5.10 Å². The molecule has 2 aromatic carbocycles. The second-order valence-electron chi connectivity index (χ2n) is 7.03. The summed E-state index contributed by atoms with van der Waals surface area (Å²) in [5.41, 5.74) is 1.96. The van der Waals surface area contributed by atoms with Crippen molar-refractivity contribution >= 4 is 33.4 Å². The van der Waals surface area contributed by atoms with Crippen LogP contribution in [0.4, 0.5) is 10.1 Å². The molecule has 2 aromatic heterocycles. The van der Waals surface area contributed by atoms with E-state index in [9.17, 15) is 14.0 Å². The molecule has 0 fully saturated rings. The third-order valence-electron chi connectivity index (χ3n) is 4.79. The summed E-state index contributed by atoms with van der Waals surface area (Å²) >= 11 is 3.38. The molecule has 0 spiro atoms. The van der Waals surface area contributed by atoms with E-state index in [0.717, 1.165) is 10.0 Å². The Kier molecular flexibility index (Phi) is 6.18. The normalized spacial score (nSPS) is 10.7. The number of benzene rings is 2. The predicted octanol–water partition coefficient (Wildman–Crippen LogP) is 4.24. The fourth-order valence-corrected chi connectivity index (χ4v) is 3.72. The van der Waals surface area contributed by atoms with Crippen LogP contribution in [0, 0.1) is 12.7 Å². The number of para-hydroxylation sites is 1. The fraction of sp³-hybridized carbons (Fsp3) is 0.0870. The Hall–Kier alpha value is -3.72. The number of carbonyl (C=O) groups is 2. The van der Waals surface area contributed by atoms with E-state index < -0.39 is 11.7 Å². The SMILES string of the molecule is Cc1cc(Br)ccc1NC(=O)CNC(=O)c1cnn(-c2ccccc2F)c1-n1cccc1. The molecule has 0 saturated heterocycles. The minimum Gasteiger partial charge on any atom is -0.343 e. The maximum Gasteiger partial charge on any atom is 0.257 e. The maximum atomic E-state index is 14.4. The Morgan fingerprint density at radius 1 is 1.09 bits per heavy atom. The first kappa shape index (κ1) is 21.5. The molecule has 0 unspecified atom stereocenters. The van der Waals surface area contributed by atoms with E-state index in [1.165, 1.54) is 16.9 Å². The van der Waals surface area contributed by atoms with Crippen LogP contribution >= 0.6 is 15.9 Å². The second kappa shape index (κ2) is 9.19. The van der Waals surface area contributed by atoms with Crippen LogP contribution in [0.2, 0.25) is 0 Å². The van der Waals surface area contributed by atoms with Crippen LogP contribution < -0.4 is 10.6 Å². The number of nitrogens with zero attached hydrogens (tertiary/aromatic N) is 3. The molecule has 4 aromatic rings. The van der Waals surface area contributed by atoms with Gasteiger partial charge in [0, 0.05) is 22.6 Å². The van der Waals surface area contributed by atoms with Crippen LogP contribution in [0.1, 0.15) is 15.9 Å². The van der Waals surface area contributed by atoms with Crippen molar-refractivity contribution in [3.05, 3.63) is 94.6 Å². The average molecular weight is 496 g/mol. The lowest BCUT2D eigenvalue weighted by Gasteiger charge is -2.12. The van der Waals surface area contributed by atoms with Gasteiger partial charge in [0.2, 0.25) is 5.91 Å². The molecule has 2 amide bonds. The van der Waals surface area contributed by atoms with Gasteiger partial charge < -0.3 is 15.2 Å². The molecule has 0 saturated carbocycles. The van der Waals surface area contributed by atoms with Gasteiger partial charge in [0.15, 0.2) is 5.82 Å². The van der Waals surface area contributed by atoms with E-state index in [4.69, 9.17) is 0 Å². The number of hydrogen-bond donors (Lipinski definition) is 2. The van der Waals surface area contributed by atoms with Gasteiger partial charge in [-0.3, -0.25) is 9.59 Å². The molecule has 0 aliphatic carbocycles. The number of carbonyl (C=O) groups excluding carboxylic acids is 2. The highest BCUT2D eigenvalue weighted by Crippen LogP contribution is 2.22. The largest absolute Gasteiger partial charge is 0.343 e. The highest BCUT2D eigenvalue weighted by molar-refractivity contribution is 9.10. The summed E-state index contributed by atoms with van der Waals surface area (Å²) < 4.78 is 18.3. The topological polar surface area (TPSA) is 81.0 Å². The van der Waals surface area contributed by atoms with Crippen LogP contribution in [0.5, 0.6) is 0 Å². The number of amides is 2. The van der Waals surface area contributed by atoms with Crippen LogP contribution in [0.15, 0.2) is 77.7 Å². The van der Waals surface area contributed by atoms with Crippen molar-refractivity contribution in [3.63, 3.8) is 0 Å². The molecule has 4 rings (SSSR count). The third kappa shape index (κ3) is 4.47. The van der Waals surface area contributed by atoms with E-state index >= 15 is 0 Å². The summed E-state index contributed by atoms with van der Waals surface area (Å²) in [5.74, 6) is -0.978. The molecule has 7 nitrogen and oxygen atoms in total. The van der Waals surface area contributed by atoms with Crippen molar-refractivity contribution in [1.82, 2.24) is 19.7 Å². The standard InChI is InChI=1S/C23H19BrFN5O2/c1-15-12-16(24)8-9-19(15)28-21(31)14-26-22(32)17-13-27-30(20-7-3-2-6-18(20)25)23(17)29-10-4-5-11-29/h2-13H,14H2,1H3,(H,26,32)(H,28,31). The van der Waals surface area contributed by atoms with E-state index in [-0.39, 0.29) is 23.7 Å². The number of rotatable bonds is 6. The highest BCUT2D eigenvalue weighted by atomic mass is 79.9. The molecule has 0 bridgehead atoms. The van der Waals surface area contributed by atoms with Crippen molar-refractivity contribution in [2.45, 2.75) is 6.92 Å². The molecule has 2 heterocycles. The van der Waals surface area contributed by atoms with Crippen LogP contribution in [-0.4, -0.2) is 32.7 Å². The molecule has 0 atom stereocenters. The van der Waals surface area contributed by atoms with E-state index in [2.05, 4.69) is 31.7 Å². The minimum absolute atomic E-state index is 0.206. The smallest absolute Gasteiger partial charge is 0.257 e. The molecular formula is C23H19BrFN5O2. The first-order chi connectivity index (χ1) is 15.4. The Labute approximate surface area is 192 Å². The Morgan fingerprint density at radius 3 is 2.56 bits per heavy atom. The quantitative estimate of drug-likeness (QED) is 0.419. The van der Waals surface area contributed by atoms with E-state index in [1.54, 1.807) is 53.4 Å². The zero-order chi connectivity index (χ0) is 22.7. The number of nitrogens with one attached hydrogen (secondary N) is 2. The van der Waals surface area contributed by atoms with Gasteiger partial charge in [-0.1, -0.05) is 28.1 Å². The van der Waals surface area contributed by atoms with Gasteiger partial charge >= 0.3 is 0 Å². The van der Waals surface area contributed by atoms with Gasteiger partial charge in [-0.15, -0.1) is 0 Å². The number of hydrogen-bond acceptors (Lipinski definition) is 3. The lowest BCUT2D eigenvalue weighted by molar-refractivity contribution is -0.115. The van der Waals surface area contributed by atoms with Gasteiger partial charge in [0.1, 0.15) is 17.1 Å². The summed E-state index contributed by atoms with van der Waals surface area (Å²) in [4.78, 5) is 25.3. The number of halogens is 2. The van der Waals surface area contributed by atoms with Gasteiger partial charge in [0.05, 0.1) is 12.7 Å². The third-order valence-corrected chi connectivity index (χ3v) is 5.28. The van der Waals surface area contributed by atoms with Crippen molar-refractivity contribution in [3.8, 4) is 11.5 Å². The molecule has 0 radical (unpaired) electrons. The van der Waals surface area contributed by atoms with Crippen molar-refractivity contribution in [2.24, 2.45) is 0 Å². The van der Waals surface area contributed by atoms with Gasteiger partial charge in [-0.05, 0) is 55.0 Å². The summed E-state index contributed by atoms with van der Waals surface area (Å²) in [7, 11) is 0. The number of aryl methyl sites for hydroxylation is 1. The number of aromatic nitrogens is 3. The average Bonchev–Trinajstić information content (AvgIpc) is 3.44. The lowest BCUT2D eigenvalue weighted by Crippen LogP contribution is -2.33. The molecule has 2 N–H and O–H groups in total. The molecule has 162 valence electrons. The summed E-state index contributed by atoms with van der Waals surface area (Å²) in [6.07, 6.45) is 4.82. The van der Waals surface area contributed by atoms with E-state index in [0.29, 0.717) is 11.5 Å². The second-order valence-corrected chi connectivity index (χ2v) is 7.94. The molecule has 9 heteroatoms. The summed E-state index contributed by atoms with van der Waals surface area (Å²) in [6, 6.07) is 15.2. The molecule has 0 aliphatic rings. The molecule has 0 aliphatic heterocycles. The predicted molar refractivity (Wildman–Crippen MR) is 123 cm³/mol. The number of anilines is 1. The first-order valence-corrected chi connectivity index (χ1v) is 10.5. The monoisotopic (exact) mass is 495 g/mol. The highest BCUT2D eigenvalue weighted by Gasteiger charge is 2.21. The Bertz CT molecular complexity index is 1280. The van der Waals surface area contributed by atoms with Crippen molar-refractivity contribution in [1.29, 1.82) is 0 Å². The zero-order valence-electron chi connectivity index (χ0n) is 17.0. The lowest BCUT2D eigenvalue weighted by atomic mass is 10.2. The Balaban J connectivity index is 1.55. The van der Waals surface area contributed by atoms with E-state index in [1.807, 2.05) is 19.1 Å². The Morgan fingerprint density at radius 2 is 1.84 bits per heavy atom. The zero-order valence-corrected chi connectivity index (χ0v) is 18.6. The first-order valence-electron chi connectivity index (χ1n) is 9.74. The van der Waals surface area contributed by atoms with Crippen molar-refractivity contribution < 1.29 is 14.0 Å². The van der Waals surface area contributed by atoms with Crippen LogP contribution in [0.25, 0.3) is 11.5 Å². The van der Waals surface area contributed by atoms with Crippen molar-refractivity contribution in [2.75, 3.05) is 11.9 Å². The maximum absolute atomic E-state index is 14.4.